The van der Waals surface area contributed by atoms with Gasteiger partial charge in [0.15, 0.2) is 0 Å². The van der Waals surface area contributed by atoms with Crippen molar-refractivity contribution in [1.82, 2.24) is 0 Å². The predicted octanol–water partition coefficient (Wildman–Crippen LogP) is 1.21. The van der Waals surface area contributed by atoms with E-state index in [1.807, 2.05) is 0 Å². The van der Waals surface area contributed by atoms with E-state index in [4.69, 9.17) is 0 Å². The molecule has 0 heterocycles. The monoisotopic (exact) mass is 557 g/mol. The fraction of sp³-hybridized carbons (Fsp3) is 0.0968. The van der Waals surface area contributed by atoms with E-state index in [0.29, 0.717) is 7.25 Å². The maximum atomic E-state index is 2.47. The Kier molecular flexibility index (Phi) is 8.10. The summed E-state index contributed by atoms with van der Waals surface area (Å²) in [4.78, 5) is 0. The van der Waals surface area contributed by atoms with Crippen LogP contribution >= 0.6 is 0 Å². The Morgan fingerprint density at radius 1 is 0.588 bits per heavy atom. The molecule has 0 nitrogen and oxygen atoms in total. The van der Waals surface area contributed by atoms with Crippen molar-refractivity contribution in [1.29, 1.82) is 0 Å². The molecule has 3 heteroatoms. The van der Waals surface area contributed by atoms with E-state index in [0.717, 1.165) is 6.42 Å². The summed E-state index contributed by atoms with van der Waals surface area (Å²) in [6.07, 6.45) is 10.5. The minimum absolute atomic E-state index is 0. The molecular formula is C31H25Cl2Zr. The van der Waals surface area contributed by atoms with Crippen LogP contribution in [0.25, 0.3) is 11.1 Å². The molecule has 0 bridgehead atoms. The van der Waals surface area contributed by atoms with E-state index >= 15 is 0 Å². The third-order valence-electron chi connectivity index (χ3n) is 6.85. The molecule has 0 saturated carbocycles. The largest absolute Gasteiger partial charge is 1.00 e. The summed E-state index contributed by atoms with van der Waals surface area (Å²) in [6, 6.07) is 38.6. The third-order valence-corrected chi connectivity index (χ3v) is 15.4. The number of benzene rings is 4. The summed E-state index contributed by atoms with van der Waals surface area (Å²) in [5.74, 6) is 0. The van der Waals surface area contributed by atoms with Crippen LogP contribution in [0.2, 0.25) is 3.63 Å². The number of halogens is 2. The smallest absolute Gasteiger partial charge is 1.00 e. The minimum Gasteiger partial charge on any atom is -1.00 e. The summed E-state index contributed by atoms with van der Waals surface area (Å²) in [5, 5.41) is 0. The molecule has 4 aromatic carbocycles. The summed E-state index contributed by atoms with van der Waals surface area (Å²) < 4.78 is 2.73. The summed E-state index contributed by atoms with van der Waals surface area (Å²) in [7, 11) is 0. The van der Waals surface area contributed by atoms with E-state index in [9.17, 15) is 0 Å². The molecule has 0 fully saturated rings. The topological polar surface area (TPSA) is 0 Å². The Labute approximate surface area is 222 Å². The van der Waals surface area contributed by atoms with Crippen LogP contribution in [0.4, 0.5) is 0 Å². The van der Waals surface area contributed by atoms with Crippen LogP contribution < -0.4 is 28.1 Å². The van der Waals surface area contributed by atoms with Crippen LogP contribution in [0, 0.1) is 0 Å². The number of hydrogen-bond donors (Lipinski definition) is 0. The Balaban J connectivity index is 0.00000137. The molecule has 0 saturated heterocycles. The van der Waals surface area contributed by atoms with Crippen LogP contribution in [0.1, 0.15) is 25.9 Å². The first-order valence-corrected chi connectivity index (χ1v) is 15.5. The summed E-state index contributed by atoms with van der Waals surface area (Å²) in [5.41, 5.74) is 8.90. The molecule has 4 aromatic rings. The maximum Gasteiger partial charge on any atom is -1.00 e. The second kappa shape index (κ2) is 11.0. The zero-order chi connectivity index (χ0) is 21.3. The quantitative estimate of drug-likeness (QED) is 0.304. The zero-order valence-corrected chi connectivity index (χ0v) is 22.7. The molecule has 0 spiro atoms. The van der Waals surface area contributed by atoms with Crippen molar-refractivity contribution in [3.05, 3.63) is 150 Å². The third kappa shape index (κ3) is 4.55. The van der Waals surface area contributed by atoms with E-state index < -0.39 is 21.8 Å². The van der Waals surface area contributed by atoms with Crippen molar-refractivity contribution < 1.29 is 46.6 Å². The van der Waals surface area contributed by atoms with Gasteiger partial charge in [0.25, 0.3) is 0 Å². The van der Waals surface area contributed by atoms with Gasteiger partial charge >= 0.3 is 200 Å². The molecule has 0 amide bonds. The molecule has 0 atom stereocenters. The Bertz CT molecular complexity index is 1260. The van der Waals surface area contributed by atoms with Crippen LogP contribution in [0.5, 0.6) is 0 Å². The van der Waals surface area contributed by atoms with Gasteiger partial charge in [-0.15, -0.1) is 0 Å². The molecule has 2 aliphatic rings. The van der Waals surface area contributed by atoms with Crippen molar-refractivity contribution in [2.75, 3.05) is 0 Å². The van der Waals surface area contributed by atoms with Crippen molar-refractivity contribution >= 4 is 3.27 Å². The number of hydrogen-bond acceptors (Lipinski definition) is 0. The first kappa shape index (κ1) is 24.9. The van der Waals surface area contributed by atoms with Crippen LogP contribution in [0.15, 0.2) is 127 Å². The van der Waals surface area contributed by atoms with Crippen LogP contribution in [-0.2, 0) is 28.2 Å². The molecule has 0 N–H and O–H groups in total. The van der Waals surface area contributed by atoms with Gasteiger partial charge in [0.1, 0.15) is 0 Å². The Morgan fingerprint density at radius 3 is 1.79 bits per heavy atom. The van der Waals surface area contributed by atoms with Crippen LogP contribution in [0.3, 0.4) is 0 Å². The average molecular weight is 560 g/mol. The van der Waals surface area contributed by atoms with Crippen LogP contribution in [-0.4, -0.2) is 0 Å². The number of allylic oxidation sites excluding steroid dienone is 4. The maximum absolute atomic E-state index is 2.47. The van der Waals surface area contributed by atoms with Gasteiger partial charge in [-0.05, 0) is 0 Å². The predicted molar refractivity (Wildman–Crippen MR) is 131 cm³/mol. The fourth-order valence-corrected chi connectivity index (χ4v) is 14.4. The van der Waals surface area contributed by atoms with Crippen molar-refractivity contribution in [2.24, 2.45) is 0 Å². The molecule has 0 unspecified atom stereocenters. The van der Waals surface area contributed by atoms with E-state index in [2.05, 4.69) is 127 Å². The van der Waals surface area contributed by atoms with Gasteiger partial charge in [0.2, 0.25) is 0 Å². The van der Waals surface area contributed by atoms with Gasteiger partial charge in [-0.2, -0.15) is 0 Å². The number of fused-ring (bicyclic) bond motifs is 3. The minimum atomic E-state index is -2.35. The molecule has 2 aliphatic carbocycles. The standard InChI is InChI=1S/C13H9.C13H11.C5H5.2ClH.Zr/c1-3-7-12-10(5-1)9-11-6-2-4-8-13(11)12;1-3-7-12(8-4-1)11-13-9-5-2-6-10-13;1-2-4-5-3-1;;;/h1-5,7-8H,9H2;1-11H;1-5H;2*1H;/q;;;;;+2/p-2. The first-order chi connectivity index (χ1) is 15.9. The van der Waals surface area contributed by atoms with E-state index in [1.54, 1.807) is 8.83 Å². The number of rotatable bonds is 5. The van der Waals surface area contributed by atoms with Gasteiger partial charge in [-0.3, -0.25) is 0 Å². The molecular weight excluding hydrogens is 534 g/mol. The average Bonchev–Trinajstić information content (AvgIpc) is 3.52. The van der Waals surface area contributed by atoms with Crippen molar-refractivity contribution in [3.63, 3.8) is 0 Å². The second-order valence-electron chi connectivity index (χ2n) is 8.67. The summed E-state index contributed by atoms with van der Waals surface area (Å²) >= 11 is -2.35. The van der Waals surface area contributed by atoms with Crippen molar-refractivity contribution in [3.8, 4) is 11.1 Å². The summed E-state index contributed by atoms with van der Waals surface area (Å²) in [6.45, 7) is 0. The molecule has 6 rings (SSSR count). The molecule has 0 aromatic heterocycles. The van der Waals surface area contributed by atoms with Gasteiger partial charge in [-0.1, -0.05) is 0 Å². The Hall–Kier alpha value is -2.18. The van der Waals surface area contributed by atoms with Gasteiger partial charge in [-0.25, -0.2) is 0 Å². The molecule has 0 aliphatic heterocycles. The molecule has 0 radical (unpaired) electrons. The van der Waals surface area contributed by atoms with Gasteiger partial charge in [0, 0.05) is 0 Å². The molecule has 167 valence electrons. The van der Waals surface area contributed by atoms with E-state index in [1.165, 1.54) is 27.8 Å². The van der Waals surface area contributed by atoms with E-state index in [-0.39, 0.29) is 24.8 Å². The van der Waals surface area contributed by atoms with Gasteiger partial charge in [0.05, 0.1) is 0 Å². The second-order valence-corrected chi connectivity index (χ2v) is 15.3. The zero-order valence-electron chi connectivity index (χ0n) is 18.7. The SMILES string of the molecule is C1=C[CH]([Zr+2]([c]2cccc3c2Cc2ccccc2-3)[CH](c2ccccc2)c2ccccc2)C=C1.[Cl-].[Cl-]. The normalized spacial score (nSPS) is 13.2. The molecule has 34 heavy (non-hydrogen) atoms. The fourth-order valence-electron chi connectivity index (χ4n) is 5.44. The van der Waals surface area contributed by atoms with Gasteiger partial charge < -0.3 is 24.8 Å². The Morgan fingerprint density at radius 2 is 1.15 bits per heavy atom. The first-order valence-electron chi connectivity index (χ1n) is 11.4. The van der Waals surface area contributed by atoms with Crippen molar-refractivity contribution in [2.45, 2.75) is 13.7 Å².